The van der Waals surface area contributed by atoms with Crippen molar-refractivity contribution in [1.82, 2.24) is 13.9 Å². The van der Waals surface area contributed by atoms with Crippen LogP contribution in [0.5, 0.6) is 0 Å². The number of para-hydroxylation sites is 2. The van der Waals surface area contributed by atoms with Gasteiger partial charge in [-0.05, 0) is 60.2 Å². The third-order valence-electron chi connectivity index (χ3n) is 7.83. The normalized spacial score (nSPS) is 15.4. The van der Waals surface area contributed by atoms with Crippen molar-refractivity contribution in [3.63, 3.8) is 0 Å². The fraction of sp³-hybridized carbons (Fsp3) is 0.176. The quantitative estimate of drug-likeness (QED) is 0.250. The van der Waals surface area contributed by atoms with E-state index in [2.05, 4.69) is 52.3 Å². The lowest BCUT2D eigenvalue weighted by Crippen LogP contribution is -2.42. The summed E-state index contributed by atoms with van der Waals surface area (Å²) < 4.78 is 26.3. The molecule has 0 saturated carbocycles. The summed E-state index contributed by atoms with van der Waals surface area (Å²) in [6, 6.07) is 38.5. The van der Waals surface area contributed by atoms with Gasteiger partial charge in [-0.15, -0.1) is 0 Å². The highest BCUT2D eigenvalue weighted by Gasteiger charge is 2.35. The van der Waals surface area contributed by atoms with Crippen molar-refractivity contribution in [2.45, 2.75) is 29.9 Å². The number of nitrogens with one attached hydrogen (secondary N) is 1. The largest absolute Gasteiger partial charge is 0.384 e. The Balaban J connectivity index is 0.000000152. The monoisotopic (exact) mass is 563 g/mol. The molecule has 1 saturated heterocycles. The van der Waals surface area contributed by atoms with Crippen molar-refractivity contribution < 1.29 is 13.5 Å². The summed E-state index contributed by atoms with van der Waals surface area (Å²) in [5.41, 5.74) is 3.36. The fourth-order valence-electron chi connectivity index (χ4n) is 5.49. The van der Waals surface area contributed by atoms with Gasteiger partial charge < -0.3 is 10.1 Å². The van der Waals surface area contributed by atoms with Crippen LogP contribution in [-0.4, -0.2) is 40.5 Å². The molecule has 0 unspecified atom stereocenters. The summed E-state index contributed by atoms with van der Waals surface area (Å²) in [5, 5.41) is 13.2. The molecule has 6 nitrogen and oxygen atoms in total. The van der Waals surface area contributed by atoms with E-state index >= 15 is 0 Å². The van der Waals surface area contributed by atoms with Crippen LogP contribution < -0.4 is 0 Å². The van der Waals surface area contributed by atoms with Crippen molar-refractivity contribution in [2.75, 3.05) is 13.1 Å². The first-order chi connectivity index (χ1) is 19.9. The van der Waals surface area contributed by atoms with Crippen molar-refractivity contribution >= 4 is 31.8 Å². The van der Waals surface area contributed by atoms with Crippen LogP contribution in [0.4, 0.5) is 0 Å². The number of aliphatic hydroxyl groups is 1. The van der Waals surface area contributed by atoms with Crippen LogP contribution in [0, 0.1) is 0 Å². The number of piperidine rings is 1. The molecule has 0 atom stereocenters. The zero-order chi connectivity index (χ0) is 28.3. The molecule has 1 aliphatic rings. The fourth-order valence-corrected chi connectivity index (χ4v) is 6.86. The number of hydrogen-bond donors (Lipinski definition) is 2. The SMILES string of the molecule is O=S(=O)(c1ccccc1)n1ccc2ccccc21.OC1(c2cc3ccccc3[nH]2)CCN(Cc2ccccc2)CC1. The summed E-state index contributed by atoms with van der Waals surface area (Å²) >= 11 is 0. The van der Waals surface area contributed by atoms with Gasteiger partial charge in [0.2, 0.25) is 0 Å². The second-order valence-corrected chi connectivity index (χ2v) is 12.4. The average Bonchev–Trinajstić information content (AvgIpc) is 3.66. The number of aromatic amines is 1. The molecule has 2 N–H and O–H groups in total. The first kappa shape index (κ1) is 27.0. The summed E-state index contributed by atoms with van der Waals surface area (Å²) in [7, 11) is -3.51. The Bertz CT molecular complexity index is 1820. The number of benzene rings is 4. The maximum absolute atomic E-state index is 12.5. The Labute approximate surface area is 240 Å². The van der Waals surface area contributed by atoms with Crippen LogP contribution in [0.2, 0.25) is 0 Å². The number of rotatable bonds is 5. The summed E-state index contributed by atoms with van der Waals surface area (Å²) in [4.78, 5) is 6.12. The van der Waals surface area contributed by atoms with Crippen LogP contribution >= 0.6 is 0 Å². The Hall–Kier alpha value is -4.17. The van der Waals surface area contributed by atoms with Gasteiger partial charge in [0.1, 0.15) is 5.60 Å². The molecule has 7 rings (SSSR count). The summed E-state index contributed by atoms with van der Waals surface area (Å²) in [6.45, 7) is 2.80. The van der Waals surface area contributed by atoms with Gasteiger partial charge in [-0.25, -0.2) is 12.4 Å². The first-order valence-corrected chi connectivity index (χ1v) is 15.3. The van der Waals surface area contributed by atoms with Crippen LogP contribution in [-0.2, 0) is 22.2 Å². The van der Waals surface area contributed by atoms with E-state index in [0.29, 0.717) is 10.4 Å². The lowest BCUT2D eigenvalue weighted by molar-refractivity contribution is -0.0305. The molecule has 0 amide bonds. The standard InChI is InChI=1S/C20H22N2O.C14H11NO2S/c23-20(19-14-17-8-4-5-9-18(17)21-19)10-12-22(13-11-20)15-16-6-2-1-3-7-16;16-18(17,13-7-2-1-3-8-13)15-11-10-12-6-4-5-9-14(12)15/h1-9,14,21,23H,10-13,15H2;1-11H. The second-order valence-electron chi connectivity index (χ2n) is 10.6. The highest BCUT2D eigenvalue weighted by atomic mass is 32.2. The molecule has 208 valence electrons. The Morgan fingerprint density at radius 2 is 1.34 bits per heavy atom. The molecular weight excluding hydrogens is 530 g/mol. The highest BCUT2D eigenvalue weighted by Crippen LogP contribution is 2.34. The second kappa shape index (κ2) is 11.4. The maximum Gasteiger partial charge on any atom is 0.268 e. The van der Waals surface area contributed by atoms with Gasteiger partial charge in [-0.2, -0.15) is 0 Å². The van der Waals surface area contributed by atoms with Gasteiger partial charge in [0.05, 0.1) is 10.4 Å². The van der Waals surface area contributed by atoms with Crippen molar-refractivity contribution in [3.8, 4) is 0 Å². The number of hydrogen-bond acceptors (Lipinski definition) is 4. The zero-order valence-electron chi connectivity index (χ0n) is 22.7. The van der Waals surface area contributed by atoms with Crippen molar-refractivity contribution in [3.05, 3.63) is 139 Å². The maximum atomic E-state index is 12.5. The van der Waals surface area contributed by atoms with Gasteiger partial charge >= 0.3 is 0 Å². The molecule has 0 bridgehead atoms. The minimum absolute atomic E-state index is 0.298. The topological polar surface area (TPSA) is 78.3 Å². The lowest BCUT2D eigenvalue weighted by atomic mass is 9.88. The van der Waals surface area contributed by atoms with Crippen molar-refractivity contribution in [1.29, 1.82) is 0 Å². The van der Waals surface area contributed by atoms with Gasteiger partial charge in [0.25, 0.3) is 10.0 Å². The Morgan fingerprint density at radius 1 is 0.732 bits per heavy atom. The molecule has 1 fully saturated rings. The minimum atomic E-state index is -3.51. The van der Waals surface area contributed by atoms with Crippen LogP contribution in [0.15, 0.2) is 132 Å². The average molecular weight is 564 g/mol. The number of aromatic nitrogens is 2. The van der Waals surface area contributed by atoms with Gasteiger partial charge in [0.15, 0.2) is 0 Å². The summed E-state index contributed by atoms with van der Waals surface area (Å²) in [6.07, 6.45) is 3.13. The number of likely N-dealkylation sites (tertiary alicyclic amines) is 1. The first-order valence-electron chi connectivity index (χ1n) is 13.9. The van der Waals surface area contributed by atoms with E-state index in [4.69, 9.17) is 0 Å². The third-order valence-corrected chi connectivity index (χ3v) is 9.53. The molecule has 2 aromatic heterocycles. The predicted molar refractivity (Wildman–Crippen MR) is 164 cm³/mol. The Morgan fingerprint density at radius 3 is 2.05 bits per heavy atom. The van der Waals surface area contributed by atoms with Gasteiger partial charge in [-0.1, -0.05) is 84.9 Å². The molecule has 3 heterocycles. The molecular formula is C34H33N3O3S. The smallest absolute Gasteiger partial charge is 0.268 e. The number of H-pyrrole nitrogens is 1. The molecule has 1 aliphatic heterocycles. The molecule has 6 aromatic rings. The van der Waals surface area contributed by atoms with E-state index in [1.54, 1.807) is 48.7 Å². The molecule has 0 aliphatic carbocycles. The number of nitrogens with zero attached hydrogens (tertiary/aromatic N) is 2. The van der Waals surface area contributed by atoms with Crippen LogP contribution in [0.3, 0.4) is 0 Å². The minimum Gasteiger partial charge on any atom is -0.384 e. The van der Waals surface area contributed by atoms with Gasteiger partial charge in [0, 0.05) is 42.4 Å². The van der Waals surface area contributed by atoms with E-state index in [1.807, 2.05) is 36.4 Å². The van der Waals surface area contributed by atoms with Crippen molar-refractivity contribution in [2.24, 2.45) is 0 Å². The number of fused-ring (bicyclic) bond motifs is 2. The van der Waals surface area contributed by atoms with E-state index in [1.165, 1.54) is 14.9 Å². The highest BCUT2D eigenvalue weighted by molar-refractivity contribution is 7.90. The van der Waals surface area contributed by atoms with E-state index < -0.39 is 15.6 Å². The van der Waals surface area contributed by atoms with E-state index in [-0.39, 0.29) is 0 Å². The molecule has 0 radical (unpaired) electrons. The van der Waals surface area contributed by atoms with E-state index in [0.717, 1.165) is 49.1 Å². The lowest BCUT2D eigenvalue weighted by Gasteiger charge is -2.37. The molecule has 7 heteroatoms. The van der Waals surface area contributed by atoms with E-state index in [9.17, 15) is 13.5 Å². The molecule has 41 heavy (non-hydrogen) atoms. The van der Waals surface area contributed by atoms with Crippen LogP contribution in [0.1, 0.15) is 24.1 Å². The Kier molecular flexibility index (Phi) is 7.49. The molecule has 4 aromatic carbocycles. The predicted octanol–water partition coefficient (Wildman–Crippen LogP) is 6.53. The zero-order valence-corrected chi connectivity index (χ0v) is 23.5. The third kappa shape index (κ3) is 5.70. The summed E-state index contributed by atoms with van der Waals surface area (Å²) in [5.74, 6) is 0. The molecule has 0 spiro atoms. The van der Waals surface area contributed by atoms with Crippen LogP contribution in [0.25, 0.3) is 21.8 Å². The van der Waals surface area contributed by atoms with Gasteiger partial charge in [-0.3, -0.25) is 4.90 Å².